The first kappa shape index (κ1) is 17.0. The molecule has 0 bridgehead atoms. The minimum absolute atomic E-state index is 0.0957. The highest BCUT2D eigenvalue weighted by atomic mass is 16.3. The zero-order valence-electron chi connectivity index (χ0n) is 15.9. The molecule has 2 aliphatic rings. The molecule has 1 aromatic carbocycles. The first-order valence-corrected chi connectivity index (χ1v) is 9.49. The average molecular weight is 375 g/mol. The Bertz CT molecular complexity index is 1190. The highest BCUT2D eigenvalue weighted by Crippen LogP contribution is 2.51. The van der Waals surface area contributed by atoms with Gasteiger partial charge >= 0.3 is 0 Å². The Balaban J connectivity index is 1.84. The molecule has 0 atom stereocenters. The fraction of sp³-hybridized carbons (Fsp3) is 0.318. The zero-order chi connectivity index (χ0) is 19.6. The van der Waals surface area contributed by atoms with Crippen LogP contribution in [0.15, 0.2) is 41.3 Å². The summed E-state index contributed by atoms with van der Waals surface area (Å²) in [7, 11) is 2.06. The van der Waals surface area contributed by atoms with E-state index in [2.05, 4.69) is 29.1 Å². The molecule has 28 heavy (non-hydrogen) atoms. The molecule has 3 aromatic rings. The summed E-state index contributed by atoms with van der Waals surface area (Å²) in [5.41, 5.74) is 3.36. The van der Waals surface area contributed by atoms with Crippen LogP contribution in [0.4, 0.5) is 5.69 Å². The number of pyridine rings is 2. The van der Waals surface area contributed by atoms with Crippen molar-refractivity contribution in [3.05, 3.63) is 63.6 Å². The maximum absolute atomic E-state index is 13.1. The summed E-state index contributed by atoms with van der Waals surface area (Å²) in [6, 6.07) is 10.1. The predicted octanol–water partition coefficient (Wildman–Crippen LogP) is 2.88. The molecule has 6 heteroatoms. The van der Waals surface area contributed by atoms with Crippen LogP contribution >= 0.6 is 0 Å². The van der Waals surface area contributed by atoms with Crippen LogP contribution < -0.4 is 10.5 Å². The lowest BCUT2D eigenvalue weighted by Crippen LogP contribution is -2.46. The van der Waals surface area contributed by atoms with Crippen LogP contribution in [0.2, 0.25) is 0 Å². The Hall–Kier alpha value is -3.15. The zero-order valence-corrected chi connectivity index (χ0v) is 15.9. The number of Topliss-reactive ketones (excluding diaryl/α,β-unsaturated/α-hetero) is 1. The van der Waals surface area contributed by atoms with Crippen LogP contribution in [0.25, 0.3) is 11.0 Å². The van der Waals surface area contributed by atoms with Gasteiger partial charge in [-0.3, -0.25) is 14.6 Å². The van der Waals surface area contributed by atoms with Gasteiger partial charge in [-0.05, 0) is 25.3 Å². The number of benzene rings is 1. The van der Waals surface area contributed by atoms with Crippen LogP contribution in [0.3, 0.4) is 0 Å². The Kier molecular flexibility index (Phi) is 3.44. The van der Waals surface area contributed by atoms with Gasteiger partial charge in [0.2, 0.25) is 0 Å². The van der Waals surface area contributed by atoms with Gasteiger partial charge in [-0.1, -0.05) is 30.3 Å². The third-order valence-electron chi connectivity index (χ3n) is 6.21. The van der Waals surface area contributed by atoms with Crippen molar-refractivity contribution < 1.29 is 9.90 Å². The quantitative estimate of drug-likeness (QED) is 0.713. The van der Waals surface area contributed by atoms with Crippen molar-refractivity contribution in [2.75, 3.05) is 11.9 Å². The van der Waals surface area contributed by atoms with Gasteiger partial charge in [0.25, 0.3) is 5.56 Å². The van der Waals surface area contributed by atoms with Gasteiger partial charge in [0, 0.05) is 31.8 Å². The minimum Gasteiger partial charge on any atom is -0.505 e. The van der Waals surface area contributed by atoms with Crippen molar-refractivity contribution in [1.82, 2.24) is 9.55 Å². The Morgan fingerprint density at radius 2 is 1.96 bits per heavy atom. The highest BCUT2D eigenvalue weighted by molar-refractivity contribution is 6.04. The molecule has 0 unspecified atom stereocenters. The molecule has 1 spiro atoms. The monoisotopic (exact) mass is 375 g/mol. The topological polar surface area (TPSA) is 75.4 Å². The van der Waals surface area contributed by atoms with Crippen molar-refractivity contribution in [3.8, 4) is 5.75 Å². The number of nitrogens with zero attached hydrogens (tertiary/aromatic N) is 3. The second-order valence-electron chi connectivity index (χ2n) is 7.95. The number of carbonyl (C=O) groups excluding carboxylic acids is 1. The molecule has 2 aromatic heterocycles. The summed E-state index contributed by atoms with van der Waals surface area (Å²) in [4.78, 5) is 31.9. The van der Waals surface area contributed by atoms with Gasteiger partial charge in [-0.15, -0.1) is 0 Å². The number of rotatable bonds is 3. The Morgan fingerprint density at radius 3 is 2.61 bits per heavy atom. The van der Waals surface area contributed by atoms with Crippen LogP contribution in [-0.2, 0) is 13.0 Å². The summed E-state index contributed by atoms with van der Waals surface area (Å²) in [5.74, 6) is -0.745. The molecule has 0 amide bonds. The van der Waals surface area contributed by atoms with E-state index in [-0.39, 0.29) is 16.9 Å². The van der Waals surface area contributed by atoms with E-state index in [0.29, 0.717) is 24.0 Å². The van der Waals surface area contributed by atoms with E-state index in [1.54, 1.807) is 10.8 Å². The van der Waals surface area contributed by atoms with Crippen molar-refractivity contribution >= 4 is 22.5 Å². The van der Waals surface area contributed by atoms with Gasteiger partial charge in [0.15, 0.2) is 11.5 Å². The highest BCUT2D eigenvalue weighted by Gasteiger charge is 2.51. The molecule has 3 heterocycles. The van der Waals surface area contributed by atoms with Crippen molar-refractivity contribution in [1.29, 1.82) is 0 Å². The molecule has 1 saturated carbocycles. The van der Waals surface area contributed by atoms with Crippen molar-refractivity contribution in [3.63, 3.8) is 0 Å². The number of hydrogen-bond acceptors (Lipinski definition) is 5. The largest absolute Gasteiger partial charge is 0.505 e. The molecular formula is C22H21N3O3. The van der Waals surface area contributed by atoms with E-state index in [1.807, 2.05) is 18.2 Å². The normalized spacial score (nSPS) is 16.6. The van der Waals surface area contributed by atoms with Crippen molar-refractivity contribution in [2.24, 2.45) is 0 Å². The summed E-state index contributed by atoms with van der Waals surface area (Å²) in [5, 5.41) is 10.7. The van der Waals surface area contributed by atoms with Gasteiger partial charge in [-0.2, -0.15) is 0 Å². The van der Waals surface area contributed by atoms with Crippen LogP contribution in [-0.4, -0.2) is 33.0 Å². The summed E-state index contributed by atoms with van der Waals surface area (Å²) in [6.45, 7) is 1.82. The molecule has 1 N–H and O–H groups in total. The lowest BCUT2D eigenvalue weighted by Gasteiger charge is -2.38. The first-order valence-electron chi connectivity index (χ1n) is 9.49. The van der Waals surface area contributed by atoms with Gasteiger partial charge < -0.3 is 14.6 Å². The first-order chi connectivity index (χ1) is 13.4. The van der Waals surface area contributed by atoms with E-state index >= 15 is 0 Å². The number of aromatic hydroxyl groups is 1. The number of aromatic nitrogens is 2. The number of likely N-dealkylation sites (N-methyl/N-ethyl adjacent to an activating group) is 1. The third kappa shape index (κ3) is 2.24. The second kappa shape index (κ2) is 5.67. The number of carbonyl (C=O) groups is 1. The standard InChI is InChI=1S/C22H21N3O3/c1-13(26)16-20(27)17-19-18(15(11-23-17)10-14-6-4-3-5-7-14)24(2)22(8-9-22)12-25(19)21(16)28/h3-7,11,27H,8-10,12H2,1-2H3. The van der Waals surface area contributed by atoms with Crippen molar-refractivity contribution in [2.45, 2.75) is 38.3 Å². The Morgan fingerprint density at radius 1 is 1.25 bits per heavy atom. The summed E-state index contributed by atoms with van der Waals surface area (Å²) < 4.78 is 1.66. The maximum atomic E-state index is 13.1. The Labute approximate surface area is 162 Å². The minimum atomic E-state index is -0.436. The third-order valence-corrected chi connectivity index (χ3v) is 6.21. The molecule has 1 fully saturated rings. The lowest BCUT2D eigenvalue weighted by molar-refractivity contribution is 0.101. The average Bonchev–Trinajstić information content (AvgIpc) is 3.45. The molecule has 142 valence electrons. The molecule has 0 saturated heterocycles. The van der Waals surface area contributed by atoms with Gasteiger partial charge in [-0.25, -0.2) is 0 Å². The number of ketones is 1. The SMILES string of the molecule is CC(=O)c1c(O)c2ncc(Cc3ccccc3)c3c2n(c1=O)CC1(CC1)N3C. The fourth-order valence-corrected chi connectivity index (χ4v) is 4.48. The number of hydrogen-bond donors (Lipinski definition) is 1. The van der Waals surface area contributed by atoms with E-state index in [4.69, 9.17) is 0 Å². The predicted molar refractivity (Wildman–Crippen MR) is 107 cm³/mol. The molecule has 6 nitrogen and oxygen atoms in total. The maximum Gasteiger partial charge on any atom is 0.265 e. The molecule has 1 aliphatic carbocycles. The van der Waals surface area contributed by atoms with E-state index in [1.165, 1.54) is 6.92 Å². The molecular weight excluding hydrogens is 354 g/mol. The molecule has 0 radical (unpaired) electrons. The van der Waals surface area contributed by atoms with E-state index in [9.17, 15) is 14.7 Å². The van der Waals surface area contributed by atoms with E-state index in [0.717, 1.165) is 29.7 Å². The lowest BCUT2D eigenvalue weighted by atomic mass is 9.98. The van der Waals surface area contributed by atoms with E-state index < -0.39 is 11.3 Å². The van der Waals surface area contributed by atoms with Crippen LogP contribution in [0, 0.1) is 0 Å². The van der Waals surface area contributed by atoms with Crippen LogP contribution in [0.1, 0.15) is 41.3 Å². The number of anilines is 1. The van der Waals surface area contributed by atoms with Crippen LogP contribution in [0.5, 0.6) is 5.75 Å². The fourth-order valence-electron chi connectivity index (χ4n) is 4.48. The molecule has 5 rings (SSSR count). The van der Waals surface area contributed by atoms with Gasteiger partial charge in [0.1, 0.15) is 11.1 Å². The smallest absolute Gasteiger partial charge is 0.265 e. The second-order valence-corrected chi connectivity index (χ2v) is 7.95. The molecule has 1 aliphatic heterocycles. The van der Waals surface area contributed by atoms with Gasteiger partial charge in [0.05, 0.1) is 16.7 Å². The summed E-state index contributed by atoms with van der Waals surface area (Å²) >= 11 is 0. The summed E-state index contributed by atoms with van der Waals surface area (Å²) in [6.07, 6.45) is 4.45.